The molecule has 150 valence electrons. The van der Waals surface area contributed by atoms with E-state index in [4.69, 9.17) is 9.52 Å². The highest BCUT2D eigenvalue weighted by Crippen LogP contribution is 2.25. The fourth-order valence-electron chi connectivity index (χ4n) is 3.78. The number of aliphatic carboxylic acids is 1. The molecule has 1 aliphatic heterocycles. The summed E-state index contributed by atoms with van der Waals surface area (Å²) in [7, 11) is 0. The van der Waals surface area contributed by atoms with Gasteiger partial charge in [0.15, 0.2) is 5.76 Å². The van der Waals surface area contributed by atoms with Crippen LogP contribution in [0.1, 0.15) is 42.8 Å². The smallest absolute Gasteiger partial charge is 0.317 e. The van der Waals surface area contributed by atoms with Crippen LogP contribution in [0, 0.1) is 0 Å². The first-order valence-corrected chi connectivity index (χ1v) is 9.96. The number of likely N-dealkylation sites (N-methyl/N-ethyl adjacent to an activating group) is 1. The zero-order valence-corrected chi connectivity index (χ0v) is 16.6. The van der Waals surface area contributed by atoms with Gasteiger partial charge in [-0.2, -0.15) is 0 Å². The monoisotopic (exact) mass is 384 g/mol. The minimum atomic E-state index is -0.810. The predicted octanol–water partition coefficient (Wildman–Crippen LogP) is 3.52. The van der Waals surface area contributed by atoms with Crippen molar-refractivity contribution in [3.63, 3.8) is 0 Å². The lowest BCUT2D eigenvalue weighted by molar-refractivity contribution is -0.139. The van der Waals surface area contributed by atoms with Gasteiger partial charge in [0.05, 0.1) is 6.54 Å². The normalized spacial score (nSPS) is 15.2. The summed E-state index contributed by atoms with van der Waals surface area (Å²) in [6, 6.07) is 11.9. The fourth-order valence-corrected chi connectivity index (χ4v) is 3.78. The molecule has 0 atom stereocenters. The average molecular weight is 384 g/mol. The van der Waals surface area contributed by atoms with Crippen molar-refractivity contribution in [2.24, 2.45) is 0 Å². The van der Waals surface area contributed by atoms with E-state index in [2.05, 4.69) is 19.1 Å². The van der Waals surface area contributed by atoms with Gasteiger partial charge < -0.3 is 14.4 Å². The van der Waals surface area contributed by atoms with Gasteiger partial charge in [-0.1, -0.05) is 38.1 Å². The van der Waals surface area contributed by atoms with Crippen molar-refractivity contribution >= 4 is 11.9 Å². The average Bonchev–Trinajstić information content (AvgIpc) is 3.22. The molecular weight excluding hydrogens is 356 g/mol. The van der Waals surface area contributed by atoms with Gasteiger partial charge in [-0.25, -0.2) is 0 Å². The molecule has 0 spiro atoms. The zero-order valence-electron chi connectivity index (χ0n) is 16.6. The highest BCUT2D eigenvalue weighted by atomic mass is 16.4. The zero-order chi connectivity index (χ0) is 20.1. The Labute approximate surface area is 165 Å². The van der Waals surface area contributed by atoms with Crippen molar-refractivity contribution in [3.05, 3.63) is 47.7 Å². The molecule has 1 amide bonds. The number of carboxylic acid groups (broad SMARTS) is 1. The third-order valence-corrected chi connectivity index (χ3v) is 5.48. The lowest BCUT2D eigenvalue weighted by atomic mass is 10.0. The van der Waals surface area contributed by atoms with Crippen molar-refractivity contribution in [2.75, 3.05) is 26.2 Å². The fraction of sp³-hybridized carbons (Fsp3) is 0.455. The molecule has 28 heavy (non-hydrogen) atoms. The number of piperidine rings is 1. The van der Waals surface area contributed by atoms with Crippen LogP contribution in [0.2, 0.25) is 0 Å². The number of carbonyl (C=O) groups excluding carboxylic acids is 1. The maximum absolute atomic E-state index is 12.8. The molecule has 2 heterocycles. The highest BCUT2D eigenvalue weighted by Gasteiger charge is 2.28. The maximum Gasteiger partial charge on any atom is 0.317 e. The van der Waals surface area contributed by atoms with E-state index in [1.54, 1.807) is 11.0 Å². The Morgan fingerprint density at radius 3 is 2.36 bits per heavy atom. The number of amides is 1. The lowest BCUT2D eigenvalue weighted by Gasteiger charge is -2.37. The first-order chi connectivity index (χ1) is 13.5. The second-order valence-corrected chi connectivity index (χ2v) is 7.19. The summed E-state index contributed by atoms with van der Waals surface area (Å²) in [4.78, 5) is 27.6. The van der Waals surface area contributed by atoms with Crippen molar-refractivity contribution in [1.29, 1.82) is 0 Å². The first-order valence-electron chi connectivity index (χ1n) is 9.96. The van der Waals surface area contributed by atoms with Gasteiger partial charge in [-0.15, -0.1) is 0 Å². The number of likely N-dealkylation sites (tertiary alicyclic amines) is 1. The summed E-state index contributed by atoms with van der Waals surface area (Å²) in [6.07, 6.45) is 2.54. The number of hydrogen-bond acceptors (Lipinski definition) is 4. The quantitative estimate of drug-likeness (QED) is 0.791. The molecule has 1 saturated heterocycles. The second-order valence-electron chi connectivity index (χ2n) is 7.19. The summed E-state index contributed by atoms with van der Waals surface area (Å²) in [6.45, 7) is 6.06. The summed E-state index contributed by atoms with van der Waals surface area (Å²) in [5.41, 5.74) is 2.22. The van der Waals surface area contributed by atoms with Gasteiger partial charge in [-0.05, 0) is 43.5 Å². The summed E-state index contributed by atoms with van der Waals surface area (Å²) in [5, 5.41) is 9.04. The van der Waals surface area contributed by atoms with Crippen LogP contribution in [-0.4, -0.2) is 59.0 Å². The molecule has 1 aromatic heterocycles. The molecule has 1 fully saturated rings. The summed E-state index contributed by atoms with van der Waals surface area (Å²) < 4.78 is 5.83. The van der Waals surface area contributed by atoms with Crippen LogP contribution in [0.4, 0.5) is 0 Å². The molecule has 1 aliphatic rings. The Morgan fingerprint density at radius 1 is 1.11 bits per heavy atom. The highest BCUT2D eigenvalue weighted by molar-refractivity contribution is 5.92. The molecule has 0 bridgehead atoms. The number of aryl methyl sites for hydroxylation is 1. The van der Waals surface area contributed by atoms with Crippen LogP contribution in [0.5, 0.6) is 0 Å². The van der Waals surface area contributed by atoms with E-state index < -0.39 is 5.97 Å². The molecule has 1 aromatic carbocycles. The number of carbonyl (C=O) groups is 2. The van der Waals surface area contributed by atoms with Gasteiger partial charge in [0, 0.05) is 24.7 Å². The Hall–Kier alpha value is -2.60. The largest absolute Gasteiger partial charge is 0.480 e. The predicted molar refractivity (Wildman–Crippen MR) is 107 cm³/mol. The molecular formula is C22H28N2O4. The van der Waals surface area contributed by atoms with E-state index in [0.29, 0.717) is 31.2 Å². The molecule has 2 aromatic rings. The number of hydrogen-bond donors (Lipinski definition) is 1. The van der Waals surface area contributed by atoms with Gasteiger partial charge in [-0.3, -0.25) is 14.5 Å². The van der Waals surface area contributed by atoms with Gasteiger partial charge in [0.1, 0.15) is 5.76 Å². The Bertz CT molecular complexity index is 804. The minimum Gasteiger partial charge on any atom is -0.480 e. The van der Waals surface area contributed by atoms with Crippen LogP contribution < -0.4 is 0 Å². The van der Waals surface area contributed by atoms with Crippen LogP contribution in [0.3, 0.4) is 0 Å². The van der Waals surface area contributed by atoms with Crippen molar-refractivity contribution in [1.82, 2.24) is 9.80 Å². The van der Waals surface area contributed by atoms with E-state index in [1.165, 1.54) is 5.56 Å². The van der Waals surface area contributed by atoms with Crippen LogP contribution >= 0.6 is 0 Å². The standard InChI is InChI=1S/C22H28N2O4/c1-3-16-5-7-17(8-6-16)19-9-10-20(28-19)22(27)24-13-11-18(12-14-24)23(4-2)15-21(25)26/h5-10,18H,3-4,11-15H2,1-2H3,(H,25,26). The van der Waals surface area contributed by atoms with Crippen molar-refractivity contribution in [3.8, 4) is 11.3 Å². The van der Waals surface area contributed by atoms with Gasteiger partial charge >= 0.3 is 5.97 Å². The van der Waals surface area contributed by atoms with E-state index in [0.717, 1.165) is 24.8 Å². The van der Waals surface area contributed by atoms with Gasteiger partial charge in [0.2, 0.25) is 0 Å². The Morgan fingerprint density at radius 2 is 1.79 bits per heavy atom. The number of rotatable bonds is 7. The van der Waals surface area contributed by atoms with E-state index in [9.17, 15) is 9.59 Å². The van der Waals surface area contributed by atoms with E-state index >= 15 is 0 Å². The Kier molecular flexibility index (Phi) is 6.52. The summed E-state index contributed by atoms with van der Waals surface area (Å²) >= 11 is 0. The van der Waals surface area contributed by atoms with Crippen molar-refractivity contribution < 1.29 is 19.1 Å². The van der Waals surface area contributed by atoms with E-state index in [-0.39, 0.29) is 18.5 Å². The van der Waals surface area contributed by atoms with E-state index in [1.807, 2.05) is 30.0 Å². The molecule has 3 rings (SSSR count). The SMILES string of the molecule is CCc1ccc(-c2ccc(C(=O)N3CCC(N(CC)CC(=O)O)CC3)o2)cc1. The number of benzene rings is 1. The molecule has 0 saturated carbocycles. The molecule has 0 aliphatic carbocycles. The second kappa shape index (κ2) is 9.06. The molecule has 0 radical (unpaired) electrons. The Balaban J connectivity index is 1.61. The molecule has 1 N–H and O–H groups in total. The first kappa shape index (κ1) is 20.1. The summed E-state index contributed by atoms with van der Waals surface area (Å²) in [5.74, 6) is 0.136. The third kappa shape index (κ3) is 4.62. The molecule has 6 heteroatoms. The van der Waals surface area contributed by atoms with Crippen LogP contribution in [0.25, 0.3) is 11.3 Å². The van der Waals surface area contributed by atoms with Crippen LogP contribution in [0.15, 0.2) is 40.8 Å². The van der Waals surface area contributed by atoms with Gasteiger partial charge in [0.25, 0.3) is 5.91 Å². The number of furan rings is 1. The third-order valence-electron chi connectivity index (χ3n) is 5.48. The number of nitrogens with zero attached hydrogens (tertiary/aromatic N) is 2. The lowest BCUT2D eigenvalue weighted by Crippen LogP contribution is -2.48. The van der Waals surface area contributed by atoms with Crippen molar-refractivity contribution in [2.45, 2.75) is 39.2 Å². The molecule has 0 unspecified atom stereocenters. The minimum absolute atomic E-state index is 0.0491. The molecule has 6 nitrogen and oxygen atoms in total. The van der Waals surface area contributed by atoms with Crippen LogP contribution in [-0.2, 0) is 11.2 Å². The topological polar surface area (TPSA) is 74.0 Å². The maximum atomic E-state index is 12.8. The number of carboxylic acids is 1.